The predicted octanol–water partition coefficient (Wildman–Crippen LogP) is 1.16. The Balaban J connectivity index is 1.98. The number of H-pyrrole nitrogens is 1. The molecular weight excluding hydrogens is 242 g/mol. The number of nitrogen functional groups attached to an aromatic ring is 1. The number of anilines is 2. The number of nitrogens with one attached hydrogen (secondary N) is 1. The van der Waals surface area contributed by atoms with Crippen LogP contribution in [0.2, 0.25) is 0 Å². The molecule has 1 amide bonds. The zero-order valence-corrected chi connectivity index (χ0v) is 10.2. The molecule has 0 unspecified atom stereocenters. The third kappa shape index (κ3) is 1.99. The van der Waals surface area contributed by atoms with E-state index >= 15 is 0 Å². The number of hydrogen-bond acceptors (Lipinski definition) is 3. The molecule has 1 aliphatic rings. The van der Waals surface area contributed by atoms with Gasteiger partial charge in [-0.15, -0.1) is 0 Å². The first kappa shape index (κ1) is 11.5. The number of carbonyl (C=O) groups is 1. The summed E-state index contributed by atoms with van der Waals surface area (Å²) in [6.07, 6.45) is 2.27. The molecule has 1 aliphatic heterocycles. The number of hydrogen-bond donors (Lipinski definition) is 2. The summed E-state index contributed by atoms with van der Waals surface area (Å²) < 4.78 is 0. The van der Waals surface area contributed by atoms with E-state index < -0.39 is 0 Å². The van der Waals surface area contributed by atoms with Crippen LogP contribution >= 0.6 is 0 Å². The van der Waals surface area contributed by atoms with Gasteiger partial charge >= 0.3 is 0 Å². The van der Waals surface area contributed by atoms with Crippen LogP contribution in [0, 0.1) is 0 Å². The lowest BCUT2D eigenvalue weighted by molar-refractivity contribution is 0.0989. The molecule has 0 saturated carbocycles. The van der Waals surface area contributed by atoms with Crippen LogP contribution in [0.25, 0.3) is 0 Å². The highest BCUT2D eigenvalue weighted by Crippen LogP contribution is 2.30. The number of nitrogens with two attached hydrogens (primary N) is 1. The average molecular weight is 255 g/mol. The van der Waals surface area contributed by atoms with Gasteiger partial charge in [-0.1, -0.05) is 0 Å². The molecule has 5 heteroatoms. The lowest BCUT2D eigenvalue weighted by Gasteiger charge is -2.17. The summed E-state index contributed by atoms with van der Waals surface area (Å²) in [4.78, 5) is 27.8. The number of carbonyl (C=O) groups excluding carboxylic acids is 1. The second-order valence-corrected chi connectivity index (χ2v) is 4.54. The number of aromatic nitrogens is 1. The number of aromatic amines is 1. The maximum atomic E-state index is 12.4. The summed E-state index contributed by atoms with van der Waals surface area (Å²) in [7, 11) is 0. The topological polar surface area (TPSA) is 79.2 Å². The molecule has 0 atom stereocenters. The molecule has 2 heterocycles. The quantitative estimate of drug-likeness (QED) is 0.750. The Morgan fingerprint density at radius 3 is 2.89 bits per heavy atom. The van der Waals surface area contributed by atoms with Crippen molar-refractivity contribution in [2.45, 2.75) is 6.42 Å². The molecule has 3 N–H and O–H groups in total. The smallest absolute Gasteiger partial charge is 0.258 e. The molecular formula is C14H13N3O2. The van der Waals surface area contributed by atoms with Gasteiger partial charge in [0.15, 0.2) is 0 Å². The van der Waals surface area contributed by atoms with Crippen LogP contribution in [0.1, 0.15) is 15.9 Å². The fourth-order valence-corrected chi connectivity index (χ4v) is 2.37. The molecule has 3 rings (SSSR count). The van der Waals surface area contributed by atoms with E-state index in [2.05, 4.69) is 4.98 Å². The molecule has 0 fully saturated rings. The summed E-state index contributed by atoms with van der Waals surface area (Å²) in [6, 6.07) is 8.45. The molecule has 96 valence electrons. The summed E-state index contributed by atoms with van der Waals surface area (Å²) >= 11 is 0. The van der Waals surface area contributed by atoms with Crippen LogP contribution in [-0.4, -0.2) is 17.4 Å². The van der Waals surface area contributed by atoms with Gasteiger partial charge in [0.25, 0.3) is 5.91 Å². The maximum Gasteiger partial charge on any atom is 0.258 e. The molecule has 1 aromatic carbocycles. The SMILES string of the molecule is Nc1ccc2c(c1)CCN2C(=O)c1cc[nH]c(=O)c1. The molecule has 2 aromatic rings. The minimum Gasteiger partial charge on any atom is -0.399 e. The monoisotopic (exact) mass is 255 g/mol. The second kappa shape index (κ2) is 4.28. The normalized spacial score (nSPS) is 13.4. The van der Waals surface area contributed by atoms with Crippen molar-refractivity contribution in [3.05, 3.63) is 58.0 Å². The molecule has 0 bridgehead atoms. The van der Waals surface area contributed by atoms with Gasteiger partial charge in [-0.05, 0) is 36.2 Å². The summed E-state index contributed by atoms with van der Waals surface area (Å²) in [5.41, 5.74) is 8.50. The van der Waals surface area contributed by atoms with Crippen LogP contribution in [0.5, 0.6) is 0 Å². The Morgan fingerprint density at radius 1 is 1.26 bits per heavy atom. The number of amides is 1. The first-order valence-electron chi connectivity index (χ1n) is 6.04. The van der Waals surface area contributed by atoms with E-state index in [0.29, 0.717) is 17.8 Å². The van der Waals surface area contributed by atoms with Gasteiger partial charge < -0.3 is 15.6 Å². The van der Waals surface area contributed by atoms with Gasteiger partial charge in [-0.25, -0.2) is 0 Å². The van der Waals surface area contributed by atoms with Crippen molar-refractivity contribution in [3.63, 3.8) is 0 Å². The van der Waals surface area contributed by atoms with Gasteiger partial charge in [0.1, 0.15) is 0 Å². The minimum absolute atomic E-state index is 0.158. The van der Waals surface area contributed by atoms with Gasteiger partial charge in [0.2, 0.25) is 5.56 Å². The fourth-order valence-electron chi connectivity index (χ4n) is 2.37. The van der Waals surface area contributed by atoms with Crippen molar-refractivity contribution in [3.8, 4) is 0 Å². The summed E-state index contributed by atoms with van der Waals surface area (Å²) in [5.74, 6) is -0.158. The summed E-state index contributed by atoms with van der Waals surface area (Å²) in [6.45, 7) is 0.615. The lowest BCUT2D eigenvalue weighted by atomic mass is 10.1. The maximum absolute atomic E-state index is 12.4. The minimum atomic E-state index is -0.275. The van der Waals surface area contributed by atoms with E-state index in [1.807, 2.05) is 12.1 Å². The highest BCUT2D eigenvalue weighted by molar-refractivity contribution is 6.07. The van der Waals surface area contributed by atoms with Crippen LogP contribution in [-0.2, 0) is 6.42 Å². The summed E-state index contributed by atoms with van der Waals surface area (Å²) in [5, 5.41) is 0. The van der Waals surface area contributed by atoms with Gasteiger partial charge in [0.05, 0.1) is 0 Å². The number of nitrogens with zero attached hydrogens (tertiary/aromatic N) is 1. The molecule has 0 spiro atoms. The third-order valence-corrected chi connectivity index (χ3v) is 3.27. The fraction of sp³-hybridized carbons (Fsp3) is 0.143. The predicted molar refractivity (Wildman–Crippen MR) is 73.3 cm³/mol. The van der Waals surface area contributed by atoms with E-state index in [9.17, 15) is 9.59 Å². The van der Waals surface area contributed by atoms with Crippen LogP contribution in [0.15, 0.2) is 41.3 Å². The van der Waals surface area contributed by atoms with Crippen molar-refractivity contribution in [1.29, 1.82) is 0 Å². The van der Waals surface area contributed by atoms with E-state index in [-0.39, 0.29) is 11.5 Å². The average Bonchev–Trinajstić information content (AvgIpc) is 2.80. The Labute approximate surface area is 109 Å². The Morgan fingerprint density at radius 2 is 2.11 bits per heavy atom. The Hall–Kier alpha value is -2.56. The zero-order chi connectivity index (χ0) is 13.4. The van der Waals surface area contributed by atoms with Crippen LogP contribution in [0.3, 0.4) is 0 Å². The van der Waals surface area contributed by atoms with E-state index in [1.165, 1.54) is 12.3 Å². The molecule has 0 saturated heterocycles. The zero-order valence-electron chi connectivity index (χ0n) is 10.2. The molecule has 0 aliphatic carbocycles. The largest absolute Gasteiger partial charge is 0.399 e. The number of fused-ring (bicyclic) bond motifs is 1. The van der Waals surface area contributed by atoms with Crippen molar-refractivity contribution in [1.82, 2.24) is 4.98 Å². The van der Waals surface area contributed by atoms with Crippen LogP contribution in [0.4, 0.5) is 11.4 Å². The third-order valence-electron chi connectivity index (χ3n) is 3.27. The van der Waals surface area contributed by atoms with Gasteiger partial charge in [0, 0.05) is 35.7 Å². The highest BCUT2D eigenvalue weighted by atomic mass is 16.2. The molecule has 1 aromatic heterocycles. The van der Waals surface area contributed by atoms with Crippen molar-refractivity contribution in [2.24, 2.45) is 0 Å². The molecule has 19 heavy (non-hydrogen) atoms. The molecule has 0 radical (unpaired) electrons. The van der Waals surface area contributed by atoms with Crippen molar-refractivity contribution < 1.29 is 4.79 Å². The van der Waals surface area contributed by atoms with E-state index in [0.717, 1.165) is 17.7 Å². The second-order valence-electron chi connectivity index (χ2n) is 4.54. The Bertz CT molecular complexity index is 706. The standard InChI is InChI=1S/C14H13N3O2/c15-11-1-2-12-9(7-11)4-6-17(12)14(19)10-3-5-16-13(18)8-10/h1-3,5,7-8H,4,6,15H2,(H,16,18). The van der Waals surface area contributed by atoms with Gasteiger partial charge in [-0.3, -0.25) is 9.59 Å². The first-order chi connectivity index (χ1) is 9.15. The molecule has 5 nitrogen and oxygen atoms in total. The van der Waals surface area contributed by atoms with Crippen molar-refractivity contribution >= 4 is 17.3 Å². The Kier molecular flexibility index (Phi) is 2.59. The lowest BCUT2D eigenvalue weighted by Crippen LogP contribution is -2.29. The van der Waals surface area contributed by atoms with E-state index in [1.54, 1.807) is 17.0 Å². The highest BCUT2D eigenvalue weighted by Gasteiger charge is 2.25. The first-order valence-corrected chi connectivity index (χ1v) is 6.04. The van der Waals surface area contributed by atoms with Crippen LogP contribution < -0.4 is 16.2 Å². The van der Waals surface area contributed by atoms with E-state index in [4.69, 9.17) is 5.73 Å². The van der Waals surface area contributed by atoms with Gasteiger partial charge in [-0.2, -0.15) is 0 Å². The van der Waals surface area contributed by atoms with Crippen molar-refractivity contribution in [2.75, 3.05) is 17.2 Å². The number of pyridine rings is 1. The number of benzene rings is 1. The number of rotatable bonds is 1.